The van der Waals surface area contributed by atoms with Gasteiger partial charge in [-0.25, -0.2) is 0 Å². The van der Waals surface area contributed by atoms with E-state index in [0.29, 0.717) is 28.6 Å². The average molecular weight is 403 g/mol. The highest BCUT2D eigenvalue weighted by molar-refractivity contribution is 6.30. The van der Waals surface area contributed by atoms with E-state index in [9.17, 15) is 14.4 Å². The van der Waals surface area contributed by atoms with Gasteiger partial charge in [-0.3, -0.25) is 14.4 Å². The second-order valence-corrected chi connectivity index (χ2v) is 6.55. The molecule has 28 heavy (non-hydrogen) atoms. The van der Waals surface area contributed by atoms with Crippen LogP contribution in [0, 0.1) is 0 Å². The molecule has 0 aromatic heterocycles. The maximum absolute atomic E-state index is 12.4. The number of Topliss-reactive ketones (excluding diaryl/α,β-unsaturated/α-hetero) is 1. The fourth-order valence-corrected chi connectivity index (χ4v) is 2.74. The number of carbonyl (C=O) groups is 3. The van der Waals surface area contributed by atoms with Crippen LogP contribution in [-0.4, -0.2) is 42.7 Å². The van der Waals surface area contributed by atoms with Gasteiger partial charge in [-0.05, 0) is 43.3 Å². The standard InChI is InChI=1S/C21H23ClN2O4/c1-3-24(14-20(26)23-17-5-4-6-18(13-17)28-2)21(27)12-11-19(25)15-7-9-16(22)10-8-15/h4-10,13H,3,11-12,14H2,1-2H3,(H,23,26). The first-order valence-electron chi connectivity index (χ1n) is 8.93. The Hall–Kier alpha value is -2.86. The van der Waals surface area contributed by atoms with Crippen LogP contribution in [0.4, 0.5) is 5.69 Å². The Morgan fingerprint density at radius 1 is 1.07 bits per heavy atom. The van der Waals surface area contributed by atoms with Gasteiger partial charge in [-0.2, -0.15) is 0 Å². The largest absolute Gasteiger partial charge is 0.497 e. The third-order valence-electron chi connectivity index (χ3n) is 4.15. The van der Waals surface area contributed by atoms with E-state index in [1.165, 1.54) is 4.90 Å². The highest BCUT2D eigenvalue weighted by atomic mass is 35.5. The molecule has 7 heteroatoms. The third kappa shape index (κ3) is 6.39. The van der Waals surface area contributed by atoms with Crippen LogP contribution in [0.5, 0.6) is 5.75 Å². The summed E-state index contributed by atoms with van der Waals surface area (Å²) in [6, 6.07) is 13.5. The Labute approximate surface area is 169 Å². The van der Waals surface area contributed by atoms with Crippen LogP contribution in [0.15, 0.2) is 48.5 Å². The number of nitrogens with one attached hydrogen (secondary N) is 1. The summed E-state index contributed by atoms with van der Waals surface area (Å²) in [5, 5.41) is 3.29. The molecule has 0 aliphatic carbocycles. The van der Waals surface area contributed by atoms with Gasteiger partial charge in [0.05, 0.1) is 13.7 Å². The van der Waals surface area contributed by atoms with E-state index in [1.807, 2.05) is 0 Å². The zero-order valence-corrected chi connectivity index (χ0v) is 16.7. The minimum atomic E-state index is -0.313. The summed E-state index contributed by atoms with van der Waals surface area (Å²) in [6.07, 6.45) is 0.121. The molecule has 2 amide bonds. The van der Waals surface area contributed by atoms with Crippen molar-refractivity contribution in [2.24, 2.45) is 0 Å². The Kier molecular flexibility index (Phi) is 8.02. The molecule has 0 fully saturated rings. The predicted molar refractivity (Wildman–Crippen MR) is 109 cm³/mol. The smallest absolute Gasteiger partial charge is 0.243 e. The maximum Gasteiger partial charge on any atom is 0.243 e. The zero-order valence-electron chi connectivity index (χ0n) is 15.9. The van der Waals surface area contributed by atoms with Gasteiger partial charge in [0.2, 0.25) is 11.8 Å². The van der Waals surface area contributed by atoms with Crippen molar-refractivity contribution in [1.82, 2.24) is 4.90 Å². The lowest BCUT2D eigenvalue weighted by Gasteiger charge is -2.20. The molecule has 0 saturated carbocycles. The van der Waals surface area contributed by atoms with E-state index in [2.05, 4.69) is 5.32 Å². The number of hydrogen-bond donors (Lipinski definition) is 1. The minimum Gasteiger partial charge on any atom is -0.497 e. The van der Waals surface area contributed by atoms with Crippen LogP contribution in [0.3, 0.4) is 0 Å². The van der Waals surface area contributed by atoms with E-state index in [0.717, 1.165) is 0 Å². The highest BCUT2D eigenvalue weighted by Crippen LogP contribution is 2.17. The molecule has 0 bridgehead atoms. The fourth-order valence-electron chi connectivity index (χ4n) is 2.61. The molecular formula is C21H23ClN2O4. The molecule has 2 rings (SSSR count). The number of hydrogen-bond acceptors (Lipinski definition) is 4. The molecule has 0 aliphatic heterocycles. The number of benzene rings is 2. The van der Waals surface area contributed by atoms with Gasteiger partial charge in [0.25, 0.3) is 0 Å². The van der Waals surface area contributed by atoms with Crippen LogP contribution < -0.4 is 10.1 Å². The molecule has 0 radical (unpaired) electrons. The number of amides is 2. The summed E-state index contributed by atoms with van der Waals surface area (Å²) in [7, 11) is 1.55. The van der Waals surface area contributed by atoms with Crippen LogP contribution in [0.2, 0.25) is 5.02 Å². The molecular weight excluding hydrogens is 380 g/mol. The lowest BCUT2D eigenvalue weighted by atomic mass is 10.1. The number of methoxy groups -OCH3 is 1. The number of likely N-dealkylation sites (N-methyl/N-ethyl adjacent to an activating group) is 1. The number of nitrogens with zero attached hydrogens (tertiary/aromatic N) is 1. The molecule has 0 atom stereocenters. The average Bonchev–Trinajstić information content (AvgIpc) is 2.70. The SMILES string of the molecule is CCN(CC(=O)Nc1cccc(OC)c1)C(=O)CCC(=O)c1ccc(Cl)cc1. The molecule has 6 nitrogen and oxygen atoms in total. The maximum atomic E-state index is 12.4. The normalized spacial score (nSPS) is 10.2. The van der Waals surface area contributed by atoms with Crippen molar-refractivity contribution in [2.45, 2.75) is 19.8 Å². The van der Waals surface area contributed by atoms with Crippen molar-refractivity contribution in [2.75, 3.05) is 25.5 Å². The van der Waals surface area contributed by atoms with E-state index in [4.69, 9.17) is 16.3 Å². The van der Waals surface area contributed by atoms with Gasteiger partial charge in [0.15, 0.2) is 5.78 Å². The Morgan fingerprint density at radius 2 is 1.79 bits per heavy atom. The quantitative estimate of drug-likeness (QED) is 0.647. The molecule has 2 aromatic rings. The molecule has 1 N–H and O–H groups in total. The topological polar surface area (TPSA) is 75.7 Å². The number of carbonyl (C=O) groups excluding carboxylic acids is 3. The van der Waals surface area contributed by atoms with Gasteiger partial charge in [-0.15, -0.1) is 0 Å². The van der Waals surface area contributed by atoms with E-state index < -0.39 is 0 Å². The molecule has 148 valence electrons. The van der Waals surface area contributed by atoms with Crippen LogP contribution >= 0.6 is 11.6 Å². The molecule has 0 saturated heterocycles. The zero-order chi connectivity index (χ0) is 20.5. The van der Waals surface area contributed by atoms with E-state index >= 15 is 0 Å². The summed E-state index contributed by atoms with van der Waals surface area (Å²) < 4.78 is 5.12. The number of rotatable bonds is 9. The van der Waals surface area contributed by atoms with Crippen molar-refractivity contribution in [1.29, 1.82) is 0 Å². The van der Waals surface area contributed by atoms with Crippen molar-refractivity contribution >= 4 is 34.9 Å². The van der Waals surface area contributed by atoms with E-state index in [-0.39, 0.29) is 37.0 Å². The minimum absolute atomic E-state index is 0.0434. The Bertz CT molecular complexity index is 837. The molecule has 2 aromatic carbocycles. The van der Waals surface area contributed by atoms with Crippen LogP contribution in [-0.2, 0) is 9.59 Å². The van der Waals surface area contributed by atoms with Crippen molar-refractivity contribution in [3.05, 3.63) is 59.1 Å². The summed E-state index contributed by atoms with van der Waals surface area (Å²) in [6.45, 7) is 2.08. The summed E-state index contributed by atoms with van der Waals surface area (Å²) in [5.74, 6) is -0.0677. The van der Waals surface area contributed by atoms with Crippen molar-refractivity contribution in [3.63, 3.8) is 0 Å². The van der Waals surface area contributed by atoms with Gasteiger partial charge in [0.1, 0.15) is 5.75 Å². The number of anilines is 1. The van der Waals surface area contributed by atoms with Gasteiger partial charge in [0, 0.05) is 41.7 Å². The first kappa shape index (κ1) is 21.4. The molecule has 0 unspecified atom stereocenters. The summed E-state index contributed by atoms with van der Waals surface area (Å²) in [5.41, 5.74) is 1.10. The first-order chi connectivity index (χ1) is 13.4. The van der Waals surface area contributed by atoms with Crippen molar-refractivity contribution in [3.8, 4) is 5.75 Å². The summed E-state index contributed by atoms with van der Waals surface area (Å²) >= 11 is 5.81. The first-order valence-corrected chi connectivity index (χ1v) is 9.31. The number of halogens is 1. The Balaban J connectivity index is 1.87. The molecule has 0 aliphatic rings. The monoisotopic (exact) mass is 402 g/mol. The summed E-state index contributed by atoms with van der Waals surface area (Å²) in [4.78, 5) is 38.3. The highest BCUT2D eigenvalue weighted by Gasteiger charge is 2.17. The van der Waals surface area contributed by atoms with Crippen molar-refractivity contribution < 1.29 is 19.1 Å². The van der Waals surface area contributed by atoms with Crippen LogP contribution in [0.1, 0.15) is 30.1 Å². The van der Waals surface area contributed by atoms with Crippen LogP contribution in [0.25, 0.3) is 0 Å². The number of ether oxygens (including phenoxy) is 1. The van der Waals surface area contributed by atoms with Gasteiger partial charge < -0.3 is 15.0 Å². The Morgan fingerprint density at radius 3 is 2.43 bits per heavy atom. The lowest BCUT2D eigenvalue weighted by molar-refractivity contribution is -0.134. The molecule has 0 heterocycles. The third-order valence-corrected chi connectivity index (χ3v) is 4.41. The molecule has 0 spiro atoms. The van der Waals surface area contributed by atoms with Gasteiger partial charge in [-0.1, -0.05) is 17.7 Å². The van der Waals surface area contributed by atoms with Gasteiger partial charge >= 0.3 is 0 Å². The lowest BCUT2D eigenvalue weighted by Crippen LogP contribution is -2.38. The predicted octanol–water partition coefficient (Wildman–Crippen LogP) is 3.80. The fraction of sp³-hybridized carbons (Fsp3) is 0.286. The second-order valence-electron chi connectivity index (χ2n) is 6.12. The number of ketones is 1. The van der Waals surface area contributed by atoms with E-state index in [1.54, 1.807) is 62.6 Å². The second kappa shape index (κ2) is 10.5.